The number of hydrogen-bond acceptors (Lipinski definition) is 6. The Balaban J connectivity index is 2.84. The van der Waals surface area contributed by atoms with Crippen molar-refractivity contribution in [3.05, 3.63) is 35.4 Å². The van der Waals surface area contributed by atoms with Crippen LogP contribution in [0.3, 0.4) is 0 Å². The first-order valence-corrected chi connectivity index (χ1v) is 5.18. The number of carbonyl (C=O) groups is 3. The molecule has 0 aliphatic heterocycles. The summed E-state index contributed by atoms with van der Waals surface area (Å²) >= 11 is 0. The van der Waals surface area contributed by atoms with Gasteiger partial charge >= 0.3 is 11.9 Å². The highest BCUT2D eigenvalue weighted by Crippen LogP contribution is 2.08. The molecule has 0 saturated heterocycles. The minimum Gasteiger partial charge on any atom is -0.476 e. The van der Waals surface area contributed by atoms with Crippen molar-refractivity contribution >= 4 is 23.4 Å². The van der Waals surface area contributed by atoms with Gasteiger partial charge in [-0.2, -0.15) is 0 Å². The van der Waals surface area contributed by atoms with Crippen LogP contribution in [0.5, 0.6) is 0 Å². The van der Waals surface area contributed by atoms with Gasteiger partial charge in [0, 0.05) is 12.5 Å². The van der Waals surface area contributed by atoms with Crippen LogP contribution in [0.25, 0.3) is 0 Å². The lowest BCUT2D eigenvalue weighted by molar-refractivity contribution is -0.142. The average molecular weight is 265 g/mol. The lowest BCUT2D eigenvalue weighted by atomic mass is 10.1. The zero-order valence-electron chi connectivity index (χ0n) is 9.99. The van der Waals surface area contributed by atoms with E-state index in [1.54, 1.807) is 0 Å². The number of rotatable bonds is 5. The Morgan fingerprint density at radius 1 is 1.21 bits per heavy atom. The monoisotopic (exact) mass is 265 g/mol. The molecule has 2 N–H and O–H groups in total. The van der Waals surface area contributed by atoms with Crippen molar-refractivity contribution in [1.29, 1.82) is 0 Å². The SMILES string of the molecule is CC(=O)OCc1ccc(C(=O)/C(=N/O)C(=O)O)cc1. The summed E-state index contributed by atoms with van der Waals surface area (Å²) in [7, 11) is 0. The molecule has 0 aliphatic rings. The molecule has 0 aliphatic carbocycles. The largest absolute Gasteiger partial charge is 0.476 e. The molecule has 0 unspecified atom stereocenters. The van der Waals surface area contributed by atoms with Crippen molar-refractivity contribution in [3.8, 4) is 0 Å². The number of ketones is 1. The molecule has 1 aromatic carbocycles. The van der Waals surface area contributed by atoms with Crippen LogP contribution in [0, 0.1) is 0 Å². The van der Waals surface area contributed by atoms with Crippen LogP contribution in [-0.2, 0) is 20.9 Å². The second-order valence-electron chi connectivity index (χ2n) is 3.56. The predicted molar refractivity (Wildman–Crippen MR) is 63.1 cm³/mol. The molecule has 0 amide bonds. The lowest BCUT2D eigenvalue weighted by Crippen LogP contribution is -2.23. The first-order valence-electron chi connectivity index (χ1n) is 5.18. The Hall–Kier alpha value is -2.70. The van der Waals surface area contributed by atoms with Gasteiger partial charge in [-0.3, -0.25) is 9.59 Å². The van der Waals surface area contributed by atoms with E-state index in [2.05, 4.69) is 5.16 Å². The van der Waals surface area contributed by atoms with Crippen molar-refractivity contribution in [2.75, 3.05) is 0 Å². The molecule has 0 atom stereocenters. The summed E-state index contributed by atoms with van der Waals surface area (Å²) in [5.74, 6) is -2.95. The third-order valence-electron chi connectivity index (χ3n) is 2.18. The zero-order valence-corrected chi connectivity index (χ0v) is 9.99. The number of ether oxygens (including phenoxy) is 1. The number of carboxylic acid groups (broad SMARTS) is 1. The van der Waals surface area contributed by atoms with Gasteiger partial charge in [0.15, 0.2) is 0 Å². The normalized spacial score (nSPS) is 10.9. The number of hydrogen-bond donors (Lipinski definition) is 2. The van der Waals surface area contributed by atoms with Crippen molar-refractivity contribution < 1.29 is 29.4 Å². The molecule has 19 heavy (non-hydrogen) atoms. The van der Waals surface area contributed by atoms with Crippen LogP contribution in [0.2, 0.25) is 0 Å². The van der Waals surface area contributed by atoms with Gasteiger partial charge in [-0.25, -0.2) is 4.79 Å². The maximum atomic E-state index is 11.6. The third-order valence-corrected chi connectivity index (χ3v) is 2.18. The van der Waals surface area contributed by atoms with Crippen molar-refractivity contribution in [3.63, 3.8) is 0 Å². The van der Waals surface area contributed by atoms with E-state index in [-0.39, 0.29) is 12.2 Å². The highest BCUT2D eigenvalue weighted by molar-refractivity contribution is 6.67. The van der Waals surface area contributed by atoms with Gasteiger partial charge in [-0.05, 0) is 5.56 Å². The van der Waals surface area contributed by atoms with E-state index in [0.29, 0.717) is 5.56 Å². The van der Waals surface area contributed by atoms with Gasteiger partial charge < -0.3 is 15.1 Å². The minimum atomic E-state index is -1.61. The summed E-state index contributed by atoms with van der Waals surface area (Å²) in [4.78, 5) is 32.9. The van der Waals surface area contributed by atoms with E-state index in [0.717, 1.165) is 0 Å². The minimum absolute atomic E-state index is 0.0572. The van der Waals surface area contributed by atoms with Gasteiger partial charge in [0.2, 0.25) is 11.5 Å². The number of nitrogens with zero attached hydrogens (tertiary/aromatic N) is 1. The lowest BCUT2D eigenvalue weighted by Gasteiger charge is -2.03. The van der Waals surface area contributed by atoms with Crippen LogP contribution in [-0.4, -0.2) is 33.7 Å². The summed E-state index contributed by atoms with van der Waals surface area (Å²) in [5.41, 5.74) is -0.265. The van der Waals surface area contributed by atoms with Gasteiger partial charge in [0.05, 0.1) is 0 Å². The highest BCUT2D eigenvalue weighted by Gasteiger charge is 2.21. The van der Waals surface area contributed by atoms with Crippen molar-refractivity contribution in [2.45, 2.75) is 13.5 Å². The number of aliphatic carboxylic acids is 1. The molecule has 0 fully saturated rings. The molecule has 100 valence electrons. The topological polar surface area (TPSA) is 113 Å². The van der Waals surface area contributed by atoms with Crippen LogP contribution in [0.15, 0.2) is 29.4 Å². The molecule has 0 saturated carbocycles. The summed E-state index contributed by atoms with van der Waals surface area (Å²) < 4.78 is 4.75. The van der Waals surface area contributed by atoms with E-state index in [1.165, 1.54) is 31.2 Å². The van der Waals surface area contributed by atoms with Gasteiger partial charge in [0.25, 0.3) is 0 Å². The molecule has 0 bridgehead atoms. The highest BCUT2D eigenvalue weighted by atomic mass is 16.5. The maximum absolute atomic E-state index is 11.6. The van der Waals surface area contributed by atoms with E-state index in [9.17, 15) is 14.4 Å². The predicted octanol–water partition coefficient (Wildman–Crippen LogP) is 0.847. The number of Topliss-reactive ketones (excluding diaryl/α,β-unsaturated/α-hetero) is 1. The van der Waals surface area contributed by atoms with E-state index in [4.69, 9.17) is 15.1 Å². The number of carboxylic acids is 1. The van der Waals surface area contributed by atoms with Crippen molar-refractivity contribution in [1.82, 2.24) is 0 Å². The fourth-order valence-corrected chi connectivity index (χ4v) is 1.26. The second kappa shape index (κ2) is 6.29. The summed E-state index contributed by atoms with van der Waals surface area (Å²) in [5, 5.41) is 19.5. The smallest absolute Gasteiger partial charge is 0.362 e. The Morgan fingerprint density at radius 2 is 1.79 bits per heavy atom. The Morgan fingerprint density at radius 3 is 2.21 bits per heavy atom. The van der Waals surface area contributed by atoms with Crippen molar-refractivity contribution in [2.24, 2.45) is 5.16 Å². The first-order chi connectivity index (χ1) is 8.95. The average Bonchev–Trinajstić information content (AvgIpc) is 2.37. The molecule has 0 aromatic heterocycles. The van der Waals surface area contributed by atoms with E-state index < -0.39 is 23.4 Å². The Kier molecular flexibility index (Phi) is 4.76. The van der Waals surface area contributed by atoms with Crippen LogP contribution >= 0.6 is 0 Å². The zero-order chi connectivity index (χ0) is 14.4. The van der Waals surface area contributed by atoms with Crippen LogP contribution in [0.4, 0.5) is 0 Å². The molecule has 7 nitrogen and oxygen atoms in total. The first kappa shape index (κ1) is 14.4. The molecule has 0 spiro atoms. The van der Waals surface area contributed by atoms with Gasteiger partial charge in [0.1, 0.15) is 6.61 Å². The number of benzene rings is 1. The Bertz CT molecular complexity index is 532. The molecule has 0 heterocycles. The summed E-state index contributed by atoms with van der Waals surface area (Å²) in [6.45, 7) is 1.33. The molecular formula is C12H11NO6. The van der Waals surface area contributed by atoms with E-state index in [1.807, 2.05) is 0 Å². The summed E-state index contributed by atoms with van der Waals surface area (Å²) in [6.07, 6.45) is 0. The standard InChI is InChI=1S/C12H11NO6/c1-7(14)19-6-8-2-4-9(5-3-8)11(15)10(13-18)12(16)17/h2-5,18H,6H2,1H3,(H,16,17)/b13-10-. The molecular weight excluding hydrogens is 254 g/mol. The number of esters is 1. The third kappa shape index (κ3) is 3.91. The quantitative estimate of drug-likeness (QED) is 0.204. The van der Waals surface area contributed by atoms with E-state index >= 15 is 0 Å². The molecule has 1 rings (SSSR count). The number of carbonyl (C=O) groups excluding carboxylic acids is 2. The number of oxime groups is 1. The molecule has 1 aromatic rings. The van der Waals surface area contributed by atoms with Gasteiger partial charge in [-0.15, -0.1) is 0 Å². The maximum Gasteiger partial charge on any atom is 0.362 e. The fourth-order valence-electron chi connectivity index (χ4n) is 1.26. The molecule has 7 heteroatoms. The molecule has 0 radical (unpaired) electrons. The second-order valence-corrected chi connectivity index (χ2v) is 3.56. The Labute approximate surface area is 108 Å². The summed E-state index contributed by atoms with van der Waals surface area (Å²) in [6, 6.07) is 5.73. The van der Waals surface area contributed by atoms with Gasteiger partial charge in [-0.1, -0.05) is 29.4 Å². The van der Waals surface area contributed by atoms with Crippen LogP contribution in [0.1, 0.15) is 22.8 Å². The van der Waals surface area contributed by atoms with Crippen LogP contribution < -0.4 is 0 Å². The fraction of sp³-hybridized carbons (Fsp3) is 0.167.